The van der Waals surface area contributed by atoms with Gasteiger partial charge in [-0.2, -0.15) is 0 Å². The van der Waals surface area contributed by atoms with E-state index in [2.05, 4.69) is 0 Å². The first kappa shape index (κ1) is 8.89. The van der Waals surface area contributed by atoms with Gasteiger partial charge in [-0.25, -0.2) is 0 Å². The van der Waals surface area contributed by atoms with Gasteiger partial charge in [0, 0.05) is 0 Å². The number of hydrogen-bond donors (Lipinski definition) is 4. The molecule has 11 heavy (non-hydrogen) atoms. The van der Waals surface area contributed by atoms with E-state index >= 15 is 0 Å². The average Bonchev–Trinajstić information content (AvgIpc) is 1.97. The maximum Gasteiger partial charge on any atom is 0.172 e. The zero-order valence-corrected chi connectivity index (χ0v) is 6.21. The largest absolute Gasteiger partial charge is 0.388 e. The molecule has 1 fully saturated rings. The van der Waals surface area contributed by atoms with Crippen LogP contribution >= 0.6 is 0 Å². The van der Waals surface area contributed by atoms with Crippen molar-refractivity contribution < 1.29 is 20.1 Å². The van der Waals surface area contributed by atoms with Crippen LogP contribution in [0.25, 0.3) is 0 Å². The molecule has 0 bridgehead atoms. The molecule has 0 aromatic carbocycles. The Morgan fingerprint density at radius 3 is 2.27 bits per heavy atom. The van der Waals surface area contributed by atoms with Gasteiger partial charge >= 0.3 is 0 Å². The number of rotatable bonds is 0. The Balaban J connectivity index is 2.63. The standard InChI is InChI=1S/C6H13NO4/c1-2-4(8)5(9)3(7)6(10)11-2/h2-6,8-10H,7H2,1H3/t2-,3-,4+,5+,6+/m0/s1. The third-order valence-electron chi connectivity index (χ3n) is 1.91. The monoisotopic (exact) mass is 163 g/mol. The highest BCUT2D eigenvalue weighted by molar-refractivity contribution is 4.88. The molecule has 0 saturated carbocycles. The smallest absolute Gasteiger partial charge is 0.172 e. The molecule has 5 atom stereocenters. The summed E-state index contributed by atoms with van der Waals surface area (Å²) in [6.07, 6.45) is -3.91. The lowest BCUT2D eigenvalue weighted by molar-refractivity contribution is -0.236. The molecule has 5 heteroatoms. The van der Waals surface area contributed by atoms with Crippen LogP contribution in [-0.4, -0.2) is 46.0 Å². The van der Waals surface area contributed by atoms with Gasteiger partial charge in [-0.3, -0.25) is 0 Å². The molecule has 0 spiro atoms. The molecular weight excluding hydrogens is 150 g/mol. The van der Waals surface area contributed by atoms with Gasteiger partial charge in [0.2, 0.25) is 0 Å². The van der Waals surface area contributed by atoms with E-state index in [1.54, 1.807) is 6.92 Å². The molecule has 0 aliphatic carbocycles. The van der Waals surface area contributed by atoms with Crippen molar-refractivity contribution in [2.45, 2.75) is 37.6 Å². The van der Waals surface area contributed by atoms with E-state index < -0.39 is 30.6 Å². The van der Waals surface area contributed by atoms with Crippen molar-refractivity contribution >= 4 is 0 Å². The van der Waals surface area contributed by atoms with Crippen LogP contribution in [-0.2, 0) is 4.74 Å². The van der Waals surface area contributed by atoms with Crippen molar-refractivity contribution in [3.05, 3.63) is 0 Å². The molecule has 0 radical (unpaired) electrons. The average molecular weight is 163 g/mol. The van der Waals surface area contributed by atoms with E-state index in [-0.39, 0.29) is 0 Å². The highest BCUT2D eigenvalue weighted by atomic mass is 16.6. The molecule has 5 nitrogen and oxygen atoms in total. The summed E-state index contributed by atoms with van der Waals surface area (Å²) >= 11 is 0. The second-order valence-electron chi connectivity index (χ2n) is 2.79. The van der Waals surface area contributed by atoms with Crippen molar-refractivity contribution in [2.75, 3.05) is 0 Å². The van der Waals surface area contributed by atoms with Crippen LogP contribution in [0.5, 0.6) is 0 Å². The van der Waals surface area contributed by atoms with Crippen LogP contribution in [0.1, 0.15) is 6.92 Å². The molecule has 0 unspecified atom stereocenters. The second-order valence-corrected chi connectivity index (χ2v) is 2.79. The van der Waals surface area contributed by atoms with Crippen LogP contribution in [0.2, 0.25) is 0 Å². The lowest BCUT2D eigenvalue weighted by atomic mass is 9.99. The zero-order chi connectivity index (χ0) is 8.59. The van der Waals surface area contributed by atoms with Gasteiger partial charge in [0.1, 0.15) is 12.2 Å². The highest BCUT2D eigenvalue weighted by Gasteiger charge is 2.39. The maximum absolute atomic E-state index is 9.17. The first-order valence-electron chi connectivity index (χ1n) is 3.49. The van der Waals surface area contributed by atoms with Gasteiger partial charge in [-0.15, -0.1) is 0 Å². The summed E-state index contributed by atoms with van der Waals surface area (Å²) in [5, 5.41) is 27.4. The quantitative estimate of drug-likeness (QED) is 0.324. The molecule has 1 saturated heterocycles. The normalized spacial score (nSPS) is 52.6. The number of hydrogen-bond acceptors (Lipinski definition) is 5. The van der Waals surface area contributed by atoms with E-state index in [0.29, 0.717) is 0 Å². The Bertz CT molecular complexity index is 129. The van der Waals surface area contributed by atoms with Crippen molar-refractivity contribution in [2.24, 2.45) is 5.73 Å². The molecule has 1 heterocycles. The molecule has 0 amide bonds. The van der Waals surface area contributed by atoms with E-state index in [0.717, 1.165) is 0 Å². The SMILES string of the molecule is C[C@@H]1O[C@@H](O)[C@@H](N)[C@@H](O)[C@@H]1O. The molecule has 5 N–H and O–H groups in total. The lowest BCUT2D eigenvalue weighted by Gasteiger charge is -2.37. The van der Waals surface area contributed by atoms with Crippen molar-refractivity contribution in [1.82, 2.24) is 0 Å². The lowest BCUT2D eigenvalue weighted by Crippen LogP contribution is -2.60. The number of ether oxygens (including phenoxy) is 1. The summed E-state index contributed by atoms with van der Waals surface area (Å²) in [4.78, 5) is 0. The van der Waals surface area contributed by atoms with Crippen LogP contribution in [0, 0.1) is 0 Å². The molecule has 1 aliphatic heterocycles. The highest BCUT2D eigenvalue weighted by Crippen LogP contribution is 2.17. The van der Waals surface area contributed by atoms with E-state index in [9.17, 15) is 5.11 Å². The van der Waals surface area contributed by atoms with E-state index in [1.807, 2.05) is 0 Å². The van der Waals surface area contributed by atoms with Gasteiger partial charge in [-0.05, 0) is 6.92 Å². The Morgan fingerprint density at radius 1 is 1.18 bits per heavy atom. The Labute approximate surface area is 64.4 Å². The van der Waals surface area contributed by atoms with Crippen LogP contribution in [0.3, 0.4) is 0 Å². The fourth-order valence-corrected chi connectivity index (χ4v) is 1.07. The summed E-state index contributed by atoms with van der Waals surface area (Å²) in [6.45, 7) is 1.56. The molecule has 1 rings (SSSR count). The summed E-state index contributed by atoms with van der Waals surface area (Å²) in [5.41, 5.74) is 5.29. The first-order valence-corrected chi connectivity index (χ1v) is 3.49. The van der Waals surface area contributed by atoms with E-state index in [1.165, 1.54) is 0 Å². The van der Waals surface area contributed by atoms with Gasteiger partial charge in [-0.1, -0.05) is 0 Å². The predicted octanol–water partition coefficient (Wildman–Crippen LogP) is -2.23. The maximum atomic E-state index is 9.17. The number of aliphatic hydroxyl groups is 3. The summed E-state index contributed by atoms with van der Waals surface area (Å²) < 4.78 is 4.80. The van der Waals surface area contributed by atoms with Gasteiger partial charge in [0.15, 0.2) is 6.29 Å². The minimum Gasteiger partial charge on any atom is -0.388 e. The molecular formula is C6H13NO4. The Hall–Kier alpha value is -0.200. The third kappa shape index (κ3) is 1.52. The second kappa shape index (κ2) is 3.04. The van der Waals surface area contributed by atoms with Crippen LogP contribution in [0.4, 0.5) is 0 Å². The van der Waals surface area contributed by atoms with Gasteiger partial charge < -0.3 is 25.8 Å². The van der Waals surface area contributed by atoms with Gasteiger partial charge in [0.05, 0.1) is 12.1 Å². The van der Waals surface area contributed by atoms with Crippen molar-refractivity contribution in [3.8, 4) is 0 Å². The zero-order valence-electron chi connectivity index (χ0n) is 6.21. The number of aliphatic hydroxyl groups excluding tert-OH is 3. The summed E-state index contributed by atoms with van der Waals surface area (Å²) in [7, 11) is 0. The first-order chi connectivity index (χ1) is 5.04. The fraction of sp³-hybridized carbons (Fsp3) is 1.00. The minimum absolute atomic E-state index is 0.584. The van der Waals surface area contributed by atoms with Crippen LogP contribution in [0.15, 0.2) is 0 Å². The Morgan fingerprint density at radius 2 is 1.73 bits per heavy atom. The third-order valence-corrected chi connectivity index (χ3v) is 1.91. The van der Waals surface area contributed by atoms with E-state index in [4.69, 9.17) is 20.7 Å². The van der Waals surface area contributed by atoms with Gasteiger partial charge in [0.25, 0.3) is 0 Å². The molecule has 0 aromatic rings. The minimum atomic E-state index is -1.19. The fourth-order valence-electron chi connectivity index (χ4n) is 1.07. The summed E-state index contributed by atoms with van der Waals surface area (Å²) in [6, 6.07) is -0.929. The van der Waals surface area contributed by atoms with Crippen LogP contribution < -0.4 is 5.73 Å². The van der Waals surface area contributed by atoms with Crippen molar-refractivity contribution in [3.63, 3.8) is 0 Å². The molecule has 66 valence electrons. The Kier molecular flexibility index (Phi) is 2.46. The predicted molar refractivity (Wildman–Crippen MR) is 36.5 cm³/mol. The summed E-state index contributed by atoms with van der Waals surface area (Å²) in [5.74, 6) is 0. The number of nitrogens with two attached hydrogens (primary N) is 1. The topological polar surface area (TPSA) is 95.9 Å². The molecule has 0 aromatic heterocycles. The molecule has 1 aliphatic rings. The van der Waals surface area contributed by atoms with Crippen molar-refractivity contribution in [1.29, 1.82) is 0 Å².